The Morgan fingerprint density at radius 2 is 1.90 bits per heavy atom. The summed E-state index contributed by atoms with van der Waals surface area (Å²) in [6.07, 6.45) is -9.23. The third-order valence-electron chi connectivity index (χ3n) is 6.77. The summed E-state index contributed by atoms with van der Waals surface area (Å²) < 4.78 is 101. The highest BCUT2D eigenvalue weighted by Gasteiger charge is 2.52. The van der Waals surface area contributed by atoms with Crippen LogP contribution in [0.15, 0.2) is 66.9 Å². The number of carbonyl (C=O) groups excluding carboxylic acids is 1. The second kappa shape index (κ2) is 12.1. The van der Waals surface area contributed by atoms with Crippen LogP contribution in [0, 0.1) is 5.82 Å². The highest BCUT2D eigenvalue weighted by molar-refractivity contribution is 6.46. The number of alkyl halides is 6. The summed E-state index contributed by atoms with van der Waals surface area (Å²) in [7, 11) is -1.45. The minimum Gasteiger partial charge on any atom is -0.437 e. The molecule has 0 spiro atoms. The largest absolute Gasteiger partial charge is 0.461 e. The summed E-state index contributed by atoms with van der Waals surface area (Å²) in [6, 6.07) is 11.5. The van der Waals surface area contributed by atoms with Gasteiger partial charge < -0.3 is 19.9 Å². The molecule has 15 heteroatoms. The summed E-state index contributed by atoms with van der Waals surface area (Å²) in [6.45, 7) is 0.285. The summed E-state index contributed by atoms with van der Waals surface area (Å²) in [5.41, 5.74) is -1.76. The number of pyridine rings is 1. The first kappa shape index (κ1) is 31.6. The first-order valence-electron chi connectivity index (χ1n) is 12.6. The predicted octanol–water partition coefficient (Wildman–Crippen LogP) is 5.53. The van der Waals surface area contributed by atoms with Gasteiger partial charge in [0.2, 0.25) is 5.91 Å². The Hall–Kier alpha value is -3.36. The number of halogens is 8. The fourth-order valence-electron chi connectivity index (χ4n) is 4.89. The second-order valence-corrected chi connectivity index (χ2v) is 10.4. The molecule has 6 nitrogen and oxygen atoms in total. The minimum absolute atomic E-state index is 0.0189. The van der Waals surface area contributed by atoms with Crippen molar-refractivity contribution < 1.29 is 45.3 Å². The number of hydrogen-bond acceptors (Lipinski definition) is 5. The number of rotatable bonds is 10. The summed E-state index contributed by atoms with van der Waals surface area (Å²) in [5, 5.41) is 12.9. The van der Waals surface area contributed by atoms with Crippen LogP contribution < -0.4 is 10.1 Å². The minimum atomic E-state index is -4.98. The maximum Gasteiger partial charge on any atom is 0.461 e. The van der Waals surface area contributed by atoms with Gasteiger partial charge in [-0.3, -0.25) is 9.78 Å². The molecule has 0 bridgehead atoms. The number of amides is 1. The molecule has 0 aliphatic carbocycles. The lowest BCUT2D eigenvalue weighted by molar-refractivity contribution is -0.253. The molecule has 1 aliphatic rings. The molecule has 4 rings (SSSR count). The molecule has 1 aromatic heterocycles. The van der Waals surface area contributed by atoms with Gasteiger partial charge in [-0.1, -0.05) is 41.9 Å². The van der Waals surface area contributed by atoms with Crippen LogP contribution in [-0.4, -0.2) is 58.8 Å². The van der Waals surface area contributed by atoms with Crippen LogP contribution in [0.4, 0.5) is 30.7 Å². The summed E-state index contributed by atoms with van der Waals surface area (Å²) in [5.74, 6) is -6.54. The zero-order valence-corrected chi connectivity index (χ0v) is 22.6. The molecule has 1 saturated heterocycles. The van der Waals surface area contributed by atoms with Crippen LogP contribution in [0.1, 0.15) is 23.2 Å². The van der Waals surface area contributed by atoms with Crippen LogP contribution in [0.3, 0.4) is 0 Å². The summed E-state index contributed by atoms with van der Waals surface area (Å²) in [4.78, 5) is 18.9. The van der Waals surface area contributed by atoms with Crippen molar-refractivity contribution in [2.75, 3.05) is 6.54 Å². The van der Waals surface area contributed by atoms with Gasteiger partial charge in [-0.15, -0.1) is 0 Å². The number of carbonyl (C=O) groups is 1. The monoisotopic (exact) mass is 617 g/mol. The molecule has 224 valence electrons. The molecule has 0 saturated carbocycles. The van der Waals surface area contributed by atoms with Gasteiger partial charge in [-0.2, -0.15) is 17.6 Å². The molecule has 42 heavy (non-hydrogen) atoms. The van der Waals surface area contributed by atoms with Crippen LogP contribution in [0.5, 0.6) is 5.75 Å². The smallest absolute Gasteiger partial charge is 0.437 e. The molecule has 2 atom stereocenters. The molecule has 1 fully saturated rings. The van der Waals surface area contributed by atoms with Crippen molar-refractivity contribution in [3.63, 3.8) is 0 Å². The third-order valence-corrected chi connectivity index (χ3v) is 7.00. The Kier molecular flexibility index (Phi) is 9.09. The first-order chi connectivity index (χ1) is 19.6. The van der Waals surface area contributed by atoms with Gasteiger partial charge in [0.15, 0.2) is 0 Å². The van der Waals surface area contributed by atoms with Gasteiger partial charge in [0, 0.05) is 25.1 Å². The van der Waals surface area contributed by atoms with E-state index in [4.69, 9.17) is 11.6 Å². The van der Waals surface area contributed by atoms with E-state index >= 15 is 0 Å². The van der Waals surface area contributed by atoms with Gasteiger partial charge in [-0.25, -0.2) is 13.2 Å². The first-order valence-corrected chi connectivity index (χ1v) is 13.0. The molecule has 2 N–H and O–H groups in total. The van der Waals surface area contributed by atoms with Crippen molar-refractivity contribution in [1.82, 2.24) is 15.1 Å². The molecular weight excluding hydrogens is 594 g/mol. The molecule has 2 aromatic carbocycles. The van der Waals surface area contributed by atoms with Gasteiger partial charge in [0.25, 0.3) is 5.92 Å². The number of ether oxygens (including phenoxy) is 1. The Bertz CT molecular complexity index is 1400. The van der Waals surface area contributed by atoms with Crippen LogP contribution in [0.25, 0.3) is 0 Å². The van der Waals surface area contributed by atoms with Crippen molar-refractivity contribution in [2.45, 2.75) is 49.7 Å². The Labute approximate surface area is 241 Å². The van der Waals surface area contributed by atoms with E-state index in [0.717, 1.165) is 16.9 Å². The number of hydrogen-bond donors (Lipinski definition) is 2. The number of aromatic nitrogens is 1. The predicted molar refractivity (Wildman–Crippen MR) is 140 cm³/mol. The second-order valence-electron chi connectivity index (χ2n) is 9.94. The average molecular weight is 618 g/mol. The van der Waals surface area contributed by atoms with E-state index in [0.29, 0.717) is 11.6 Å². The Balaban J connectivity index is 1.92. The molecule has 0 unspecified atom stereocenters. The van der Waals surface area contributed by atoms with Crippen molar-refractivity contribution in [1.29, 1.82) is 0 Å². The third kappa shape index (κ3) is 6.98. The zero-order chi connectivity index (χ0) is 30.9. The van der Waals surface area contributed by atoms with E-state index in [1.54, 1.807) is 30.3 Å². The fourth-order valence-corrected chi connectivity index (χ4v) is 5.00. The average Bonchev–Trinajstić information content (AvgIpc) is 3.24. The van der Waals surface area contributed by atoms with Gasteiger partial charge in [0.05, 0.1) is 23.3 Å². The highest BCUT2D eigenvalue weighted by Crippen LogP contribution is 2.39. The van der Waals surface area contributed by atoms with E-state index in [9.17, 15) is 40.6 Å². The van der Waals surface area contributed by atoms with Crippen molar-refractivity contribution >= 4 is 24.6 Å². The lowest BCUT2D eigenvalue weighted by atomic mass is 9.79. The number of benzene rings is 2. The summed E-state index contributed by atoms with van der Waals surface area (Å²) >= 11 is 6.01. The number of nitrogens with one attached hydrogen (secondary N) is 1. The maximum absolute atomic E-state index is 15.0. The van der Waals surface area contributed by atoms with E-state index in [-0.39, 0.29) is 22.7 Å². The van der Waals surface area contributed by atoms with Crippen molar-refractivity contribution in [3.05, 3.63) is 94.5 Å². The van der Waals surface area contributed by atoms with Crippen LogP contribution >= 0.6 is 11.6 Å². The topological polar surface area (TPSA) is 74.7 Å². The lowest BCUT2D eigenvalue weighted by Gasteiger charge is -2.37. The molecule has 0 radical (unpaired) electrons. The van der Waals surface area contributed by atoms with Crippen LogP contribution in [-0.2, 0) is 16.8 Å². The van der Waals surface area contributed by atoms with Gasteiger partial charge in [-0.05, 0) is 42.2 Å². The highest BCUT2D eigenvalue weighted by atomic mass is 35.5. The Morgan fingerprint density at radius 1 is 1.21 bits per heavy atom. The Morgan fingerprint density at radius 3 is 2.50 bits per heavy atom. The standard InChI is InChI=1S/C27H24BClF7N3O3/c1-28(41)39-15-25(33,34)13-21(39)23(40)38-26(12-16-5-3-2-4-6-16,22-8-7-18(29)14-37-22)17-9-19(30)11-20(10-17)42-27(35,36)24(31)32/h2-11,14,21,24,41H,12-13,15H2,1H3,(H,38,40)/t21-,26-/m0/s1. The van der Waals surface area contributed by atoms with Crippen LogP contribution in [0.2, 0.25) is 11.8 Å². The fraction of sp³-hybridized carbons (Fsp3) is 0.333. The molecule has 3 aromatic rings. The normalized spacial score (nSPS) is 18.5. The number of nitrogens with zero attached hydrogens (tertiary/aromatic N) is 2. The van der Waals surface area contributed by atoms with Crippen molar-refractivity contribution in [2.24, 2.45) is 0 Å². The van der Waals surface area contributed by atoms with E-state index < -0.39 is 67.5 Å². The zero-order valence-electron chi connectivity index (χ0n) is 21.9. The molecular formula is C27H24BClF7N3O3. The van der Waals surface area contributed by atoms with Gasteiger partial charge >= 0.3 is 19.6 Å². The molecule has 2 heterocycles. The lowest BCUT2D eigenvalue weighted by Crippen LogP contribution is -2.56. The maximum atomic E-state index is 15.0. The van der Waals surface area contributed by atoms with Gasteiger partial charge in [0.1, 0.15) is 17.1 Å². The molecule has 1 amide bonds. The molecule has 1 aliphatic heterocycles. The quantitative estimate of drug-likeness (QED) is 0.231. The van der Waals surface area contributed by atoms with Crippen molar-refractivity contribution in [3.8, 4) is 5.75 Å². The van der Waals surface area contributed by atoms with E-state index in [1.165, 1.54) is 25.2 Å². The van der Waals surface area contributed by atoms with E-state index in [1.807, 2.05) is 0 Å². The SMILES string of the molecule is CB(O)N1CC(F)(F)C[C@H]1C(=O)N[C@@](Cc1ccccc1)(c1cc(F)cc(OC(F)(F)C(F)F)c1)c1ccc(Cl)cn1. The van der Waals surface area contributed by atoms with E-state index in [2.05, 4.69) is 15.0 Å².